The van der Waals surface area contributed by atoms with Crippen molar-refractivity contribution in [2.24, 2.45) is 11.8 Å². The van der Waals surface area contributed by atoms with E-state index in [1.807, 2.05) is 0 Å². The molecule has 0 heterocycles. The maximum absolute atomic E-state index is 13.3. The Labute approximate surface area is 455 Å². The van der Waals surface area contributed by atoms with E-state index in [0.29, 0.717) is 44.3 Å². The maximum Gasteiger partial charge on any atom is 0.305 e. The first-order chi connectivity index (χ1) is 35.7. The van der Waals surface area contributed by atoms with Gasteiger partial charge in [-0.05, 0) is 122 Å². The number of hydrogen-bond acceptors (Lipinski definition) is 8. The topological polar surface area (TPSA) is 99.6 Å². The fourth-order valence-electron chi connectivity index (χ4n) is 10.3. The van der Waals surface area contributed by atoms with Crippen LogP contribution in [0.1, 0.15) is 311 Å². The fraction of sp³-hybridized carbons (Fsp3) is 0.953. The second kappa shape index (κ2) is 56.5. The predicted octanol–water partition coefficient (Wildman–Crippen LogP) is 17.2. The summed E-state index contributed by atoms with van der Waals surface area (Å²) < 4.78 is 11.8. The van der Waals surface area contributed by atoms with Crippen LogP contribution in [0.3, 0.4) is 0 Å². The first kappa shape index (κ1) is 71.3. The van der Waals surface area contributed by atoms with Crippen LogP contribution in [0.4, 0.5) is 0 Å². The summed E-state index contributed by atoms with van der Waals surface area (Å²) in [6.07, 6.45) is 49.0. The molecule has 2 atom stereocenters. The molecule has 0 aliphatic carbocycles. The Bertz CT molecular complexity index is 1110. The standard InChI is InChI=1S/C64H127N3O6/c1-7-12-17-22-25-32-45-60(43-30-20-15-10-4)58-72-63(70)48-34-28-37-51-66(52-38-29-35-49-64(71)73-59-61(44-31-21-16-11-5)46-33-26-23-18-13-8-2)56-55-65(6)50-40-36-47-62(69)67(54-41-42-57-68)53-39-27-24-19-14-9-3/h60-61,68H,7-59H2,1-6H3. The zero-order valence-corrected chi connectivity index (χ0v) is 50.0. The van der Waals surface area contributed by atoms with Gasteiger partial charge in [-0.2, -0.15) is 0 Å². The minimum absolute atomic E-state index is 0.0206. The summed E-state index contributed by atoms with van der Waals surface area (Å²) in [4.78, 5) is 46.2. The van der Waals surface area contributed by atoms with Gasteiger partial charge in [-0.25, -0.2) is 0 Å². The van der Waals surface area contributed by atoms with E-state index < -0.39 is 0 Å². The van der Waals surface area contributed by atoms with Crippen LogP contribution >= 0.6 is 0 Å². The quantitative estimate of drug-likeness (QED) is 0.0475. The summed E-state index contributed by atoms with van der Waals surface area (Å²) in [6, 6.07) is 0. The Morgan fingerprint density at radius 1 is 0.356 bits per heavy atom. The van der Waals surface area contributed by atoms with E-state index in [4.69, 9.17) is 9.47 Å². The summed E-state index contributed by atoms with van der Waals surface area (Å²) in [5, 5.41) is 9.34. The number of aliphatic hydroxyl groups excluding tert-OH is 1. The van der Waals surface area contributed by atoms with Gasteiger partial charge in [0.2, 0.25) is 5.91 Å². The van der Waals surface area contributed by atoms with Crippen molar-refractivity contribution < 1.29 is 29.0 Å². The third-order valence-electron chi connectivity index (χ3n) is 15.5. The van der Waals surface area contributed by atoms with Gasteiger partial charge in [0.05, 0.1) is 13.2 Å². The Kier molecular flexibility index (Phi) is 55.2. The Morgan fingerprint density at radius 3 is 1.11 bits per heavy atom. The van der Waals surface area contributed by atoms with Crippen molar-refractivity contribution in [1.82, 2.24) is 14.7 Å². The lowest BCUT2D eigenvalue weighted by atomic mass is 9.95. The van der Waals surface area contributed by atoms with E-state index >= 15 is 0 Å². The smallest absolute Gasteiger partial charge is 0.305 e. The van der Waals surface area contributed by atoms with Crippen LogP contribution in [0, 0.1) is 11.8 Å². The molecule has 1 amide bonds. The molecule has 0 spiro atoms. The van der Waals surface area contributed by atoms with Crippen molar-refractivity contribution >= 4 is 17.8 Å². The van der Waals surface area contributed by atoms with Crippen LogP contribution in [0.2, 0.25) is 0 Å². The number of aliphatic hydroxyl groups is 1. The minimum Gasteiger partial charge on any atom is -0.465 e. The van der Waals surface area contributed by atoms with Gasteiger partial charge < -0.3 is 29.3 Å². The lowest BCUT2D eigenvalue weighted by Crippen LogP contribution is -2.35. The average Bonchev–Trinajstić information content (AvgIpc) is 3.39. The van der Waals surface area contributed by atoms with E-state index in [1.54, 1.807) is 0 Å². The minimum atomic E-state index is -0.0206. The molecule has 2 unspecified atom stereocenters. The number of carbonyl (C=O) groups is 3. The number of ether oxygens (including phenoxy) is 2. The molecule has 0 aromatic rings. The average molecular weight is 1030 g/mol. The van der Waals surface area contributed by atoms with Crippen LogP contribution < -0.4 is 0 Å². The third-order valence-corrected chi connectivity index (χ3v) is 15.5. The highest BCUT2D eigenvalue weighted by Gasteiger charge is 2.16. The summed E-state index contributed by atoms with van der Waals surface area (Å²) >= 11 is 0. The van der Waals surface area contributed by atoms with E-state index in [9.17, 15) is 19.5 Å². The molecule has 434 valence electrons. The van der Waals surface area contributed by atoms with E-state index in [2.05, 4.69) is 56.4 Å². The van der Waals surface area contributed by atoms with Crippen molar-refractivity contribution in [2.45, 2.75) is 311 Å². The number of nitrogens with zero attached hydrogens (tertiary/aromatic N) is 3. The monoisotopic (exact) mass is 1030 g/mol. The molecule has 9 nitrogen and oxygen atoms in total. The molecule has 0 aliphatic rings. The number of esters is 2. The lowest BCUT2D eigenvalue weighted by molar-refractivity contribution is -0.146. The molecule has 0 aliphatic heterocycles. The van der Waals surface area contributed by atoms with E-state index in [0.717, 1.165) is 116 Å². The molecular formula is C64H127N3O6. The van der Waals surface area contributed by atoms with Gasteiger partial charge in [0.15, 0.2) is 0 Å². The molecule has 0 aromatic heterocycles. The van der Waals surface area contributed by atoms with Gasteiger partial charge in [0.1, 0.15) is 0 Å². The largest absolute Gasteiger partial charge is 0.465 e. The predicted molar refractivity (Wildman–Crippen MR) is 313 cm³/mol. The molecule has 0 aromatic carbocycles. The fourth-order valence-corrected chi connectivity index (χ4v) is 10.3. The van der Waals surface area contributed by atoms with Gasteiger partial charge in [0.25, 0.3) is 0 Å². The molecule has 0 bridgehead atoms. The maximum atomic E-state index is 13.3. The number of likely N-dealkylation sites (N-methyl/N-ethyl adjacent to an activating group) is 1. The molecular weight excluding hydrogens is 907 g/mol. The molecule has 0 fully saturated rings. The lowest BCUT2D eigenvalue weighted by Gasteiger charge is -2.26. The molecule has 1 N–H and O–H groups in total. The highest BCUT2D eigenvalue weighted by molar-refractivity contribution is 5.76. The second-order valence-electron chi connectivity index (χ2n) is 22.7. The molecule has 9 heteroatoms. The van der Waals surface area contributed by atoms with Gasteiger partial charge in [-0.15, -0.1) is 0 Å². The van der Waals surface area contributed by atoms with Crippen molar-refractivity contribution in [2.75, 3.05) is 72.7 Å². The summed E-state index contributed by atoms with van der Waals surface area (Å²) in [5.74, 6) is 1.24. The molecule has 73 heavy (non-hydrogen) atoms. The number of amides is 1. The number of carbonyl (C=O) groups excluding carboxylic acids is 3. The van der Waals surface area contributed by atoms with Crippen LogP contribution in [0.5, 0.6) is 0 Å². The molecule has 0 saturated carbocycles. The zero-order valence-electron chi connectivity index (χ0n) is 50.0. The normalized spacial score (nSPS) is 12.5. The molecule has 0 saturated heterocycles. The Hall–Kier alpha value is -1.71. The van der Waals surface area contributed by atoms with Crippen molar-refractivity contribution in [3.8, 4) is 0 Å². The first-order valence-electron chi connectivity index (χ1n) is 32.3. The highest BCUT2D eigenvalue weighted by atomic mass is 16.5. The SMILES string of the molecule is CCCCCCCCC(CCCCCC)COC(=O)CCCCCN(CCCCCC(=O)OCC(CCCCCC)CCCCCCCC)CCN(C)CCCCC(=O)N(CCCCO)CCCCCCCC. The number of rotatable bonds is 59. The summed E-state index contributed by atoms with van der Waals surface area (Å²) in [5.41, 5.74) is 0. The van der Waals surface area contributed by atoms with E-state index in [-0.39, 0.29) is 24.5 Å². The zero-order chi connectivity index (χ0) is 53.5. The number of unbranched alkanes of at least 4 members (excludes halogenated alkanes) is 27. The second-order valence-corrected chi connectivity index (χ2v) is 22.7. The summed E-state index contributed by atoms with van der Waals surface area (Å²) in [6.45, 7) is 19.3. The van der Waals surface area contributed by atoms with Crippen molar-refractivity contribution in [3.05, 3.63) is 0 Å². The van der Waals surface area contributed by atoms with Crippen LogP contribution in [-0.2, 0) is 23.9 Å². The van der Waals surface area contributed by atoms with E-state index in [1.165, 1.54) is 186 Å². The van der Waals surface area contributed by atoms with Gasteiger partial charge in [-0.1, -0.05) is 208 Å². The summed E-state index contributed by atoms with van der Waals surface area (Å²) in [7, 11) is 2.21. The van der Waals surface area contributed by atoms with Gasteiger partial charge in [0, 0.05) is 52.0 Å². The first-order valence-corrected chi connectivity index (χ1v) is 32.3. The highest BCUT2D eigenvalue weighted by Crippen LogP contribution is 2.22. The van der Waals surface area contributed by atoms with Crippen LogP contribution in [-0.4, -0.2) is 110 Å². The van der Waals surface area contributed by atoms with Crippen LogP contribution in [0.25, 0.3) is 0 Å². The Balaban J connectivity index is 5.14. The molecule has 0 radical (unpaired) electrons. The van der Waals surface area contributed by atoms with Gasteiger partial charge >= 0.3 is 11.9 Å². The van der Waals surface area contributed by atoms with Crippen molar-refractivity contribution in [1.29, 1.82) is 0 Å². The molecule has 0 rings (SSSR count). The third kappa shape index (κ3) is 49.6. The number of hydrogen-bond donors (Lipinski definition) is 1. The van der Waals surface area contributed by atoms with Gasteiger partial charge in [-0.3, -0.25) is 14.4 Å². The van der Waals surface area contributed by atoms with Crippen molar-refractivity contribution in [3.63, 3.8) is 0 Å². The Morgan fingerprint density at radius 2 is 0.685 bits per heavy atom. The van der Waals surface area contributed by atoms with Crippen LogP contribution in [0.15, 0.2) is 0 Å².